The third-order valence-corrected chi connectivity index (χ3v) is 4.50. The van der Waals surface area contributed by atoms with Crippen molar-refractivity contribution in [2.45, 2.75) is 6.42 Å². The standard InChI is InChI=1S/C22H19FN2O5/c1-2-11-25-20(27)17-8-5-15(12-18(17)21(25)28)22(29)30-13-19(26)24-10-9-14-3-6-16(23)7-4-14/h2-8,12H,1,9-11,13H2,(H,24,26). The molecule has 0 saturated carbocycles. The van der Waals surface area contributed by atoms with Gasteiger partial charge in [0.25, 0.3) is 17.7 Å². The molecule has 0 aromatic heterocycles. The topological polar surface area (TPSA) is 92.8 Å². The van der Waals surface area contributed by atoms with E-state index in [2.05, 4.69) is 11.9 Å². The predicted octanol–water partition coefficient (Wildman–Crippen LogP) is 2.12. The lowest BCUT2D eigenvalue weighted by Gasteiger charge is -2.09. The minimum Gasteiger partial charge on any atom is -0.452 e. The van der Waals surface area contributed by atoms with E-state index in [9.17, 15) is 23.6 Å². The van der Waals surface area contributed by atoms with Gasteiger partial charge in [-0.2, -0.15) is 0 Å². The Hall–Kier alpha value is -3.81. The van der Waals surface area contributed by atoms with Gasteiger partial charge in [-0.05, 0) is 42.3 Å². The molecule has 0 unspecified atom stereocenters. The van der Waals surface area contributed by atoms with Crippen LogP contribution in [0.2, 0.25) is 0 Å². The molecule has 30 heavy (non-hydrogen) atoms. The second-order valence-corrected chi connectivity index (χ2v) is 6.57. The number of esters is 1. The summed E-state index contributed by atoms with van der Waals surface area (Å²) in [6, 6.07) is 9.96. The number of halogens is 1. The van der Waals surface area contributed by atoms with Crippen LogP contribution >= 0.6 is 0 Å². The minimum atomic E-state index is -0.783. The van der Waals surface area contributed by atoms with Gasteiger partial charge in [-0.15, -0.1) is 6.58 Å². The van der Waals surface area contributed by atoms with E-state index in [0.29, 0.717) is 13.0 Å². The second-order valence-electron chi connectivity index (χ2n) is 6.57. The molecule has 3 rings (SSSR count). The fourth-order valence-corrected chi connectivity index (χ4v) is 2.98. The third kappa shape index (κ3) is 4.60. The van der Waals surface area contributed by atoms with Crippen LogP contribution in [0.15, 0.2) is 55.1 Å². The molecule has 0 bridgehead atoms. The van der Waals surface area contributed by atoms with Crippen molar-refractivity contribution >= 4 is 23.7 Å². The first-order valence-electron chi connectivity index (χ1n) is 9.20. The van der Waals surface area contributed by atoms with Crippen LogP contribution in [0.5, 0.6) is 0 Å². The average molecular weight is 410 g/mol. The molecule has 0 spiro atoms. The first-order valence-corrected chi connectivity index (χ1v) is 9.20. The van der Waals surface area contributed by atoms with Crippen molar-refractivity contribution in [2.24, 2.45) is 0 Å². The molecule has 1 aliphatic rings. The van der Waals surface area contributed by atoms with Crippen LogP contribution in [-0.2, 0) is 16.0 Å². The van der Waals surface area contributed by atoms with Crippen LogP contribution in [0.1, 0.15) is 36.6 Å². The smallest absolute Gasteiger partial charge is 0.338 e. The van der Waals surface area contributed by atoms with Crippen LogP contribution in [0, 0.1) is 5.82 Å². The largest absolute Gasteiger partial charge is 0.452 e. The number of carbonyl (C=O) groups is 4. The normalized spacial score (nSPS) is 12.5. The summed E-state index contributed by atoms with van der Waals surface area (Å²) in [6.45, 7) is 3.40. The van der Waals surface area contributed by atoms with Gasteiger partial charge >= 0.3 is 5.97 Å². The Morgan fingerprint density at radius 3 is 2.47 bits per heavy atom. The Labute approximate surface area is 172 Å². The van der Waals surface area contributed by atoms with Gasteiger partial charge in [0.1, 0.15) is 5.82 Å². The number of hydrogen-bond acceptors (Lipinski definition) is 5. The zero-order chi connectivity index (χ0) is 21.7. The summed E-state index contributed by atoms with van der Waals surface area (Å²) in [5.74, 6) is -2.57. The number of carbonyl (C=O) groups excluding carboxylic acids is 4. The van der Waals surface area contributed by atoms with E-state index in [0.717, 1.165) is 10.5 Å². The SMILES string of the molecule is C=CCN1C(=O)c2ccc(C(=O)OCC(=O)NCCc3ccc(F)cc3)cc2C1=O. The predicted molar refractivity (Wildman–Crippen MR) is 105 cm³/mol. The summed E-state index contributed by atoms with van der Waals surface area (Å²) >= 11 is 0. The van der Waals surface area contributed by atoms with E-state index in [1.807, 2.05) is 0 Å². The van der Waals surface area contributed by atoms with Crippen molar-refractivity contribution in [1.29, 1.82) is 0 Å². The molecule has 1 N–H and O–H groups in total. The molecule has 2 aromatic rings. The molecular weight excluding hydrogens is 391 g/mol. The van der Waals surface area contributed by atoms with E-state index in [1.54, 1.807) is 12.1 Å². The number of ether oxygens (including phenoxy) is 1. The van der Waals surface area contributed by atoms with Gasteiger partial charge in [0.2, 0.25) is 0 Å². The molecule has 0 saturated heterocycles. The average Bonchev–Trinajstić information content (AvgIpc) is 2.98. The Balaban J connectivity index is 1.51. The summed E-state index contributed by atoms with van der Waals surface area (Å²) < 4.78 is 17.8. The molecule has 8 heteroatoms. The molecule has 0 fully saturated rings. The third-order valence-electron chi connectivity index (χ3n) is 4.50. The first-order chi connectivity index (χ1) is 14.4. The molecule has 3 amide bonds. The monoisotopic (exact) mass is 410 g/mol. The lowest BCUT2D eigenvalue weighted by Crippen LogP contribution is -2.30. The van der Waals surface area contributed by atoms with Crippen LogP contribution in [0.3, 0.4) is 0 Å². The minimum absolute atomic E-state index is 0.0643. The molecule has 0 atom stereocenters. The maximum atomic E-state index is 12.9. The van der Waals surface area contributed by atoms with Crippen LogP contribution in [0.4, 0.5) is 4.39 Å². The highest BCUT2D eigenvalue weighted by Crippen LogP contribution is 2.24. The number of imide groups is 1. The fraction of sp³-hybridized carbons (Fsp3) is 0.182. The molecule has 2 aromatic carbocycles. The van der Waals surface area contributed by atoms with E-state index < -0.39 is 30.3 Å². The van der Waals surface area contributed by atoms with E-state index in [4.69, 9.17) is 4.74 Å². The zero-order valence-electron chi connectivity index (χ0n) is 16.0. The summed E-state index contributed by atoms with van der Waals surface area (Å²) in [4.78, 5) is 49.6. The highest BCUT2D eigenvalue weighted by atomic mass is 19.1. The summed E-state index contributed by atoms with van der Waals surface area (Å²) in [5, 5.41) is 2.60. The number of benzene rings is 2. The lowest BCUT2D eigenvalue weighted by atomic mass is 10.1. The van der Waals surface area contributed by atoms with Crippen molar-refractivity contribution in [3.63, 3.8) is 0 Å². The first kappa shape index (κ1) is 20.9. The Kier molecular flexibility index (Phi) is 6.36. The van der Waals surface area contributed by atoms with Gasteiger partial charge in [0.05, 0.1) is 16.7 Å². The highest BCUT2D eigenvalue weighted by Gasteiger charge is 2.35. The molecular formula is C22H19FN2O5. The van der Waals surface area contributed by atoms with Gasteiger partial charge in [-0.25, -0.2) is 9.18 Å². The zero-order valence-corrected chi connectivity index (χ0v) is 16.0. The number of amides is 3. The van der Waals surface area contributed by atoms with Gasteiger partial charge in [-0.1, -0.05) is 18.2 Å². The van der Waals surface area contributed by atoms with Crippen LogP contribution < -0.4 is 5.32 Å². The van der Waals surface area contributed by atoms with Crippen molar-refractivity contribution in [3.8, 4) is 0 Å². The molecule has 7 nitrogen and oxygen atoms in total. The van der Waals surface area contributed by atoms with E-state index in [-0.39, 0.29) is 29.1 Å². The Morgan fingerprint density at radius 2 is 1.77 bits per heavy atom. The molecule has 154 valence electrons. The fourth-order valence-electron chi connectivity index (χ4n) is 2.98. The molecule has 0 aliphatic carbocycles. The van der Waals surface area contributed by atoms with Gasteiger partial charge in [0.15, 0.2) is 6.61 Å². The molecule has 1 aliphatic heterocycles. The van der Waals surface area contributed by atoms with Gasteiger partial charge in [-0.3, -0.25) is 19.3 Å². The van der Waals surface area contributed by atoms with E-state index in [1.165, 1.54) is 36.4 Å². The maximum Gasteiger partial charge on any atom is 0.338 e. The van der Waals surface area contributed by atoms with Crippen molar-refractivity contribution in [1.82, 2.24) is 10.2 Å². The van der Waals surface area contributed by atoms with Crippen LogP contribution in [-0.4, -0.2) is 48.3 Å². The number of nitrogens with zero attached hydrogens (tertiary/aromatic N) is 1. The Morgan fingerprint density at radius 1 is 1.07 bits per heavy atom. The summed E-state index contributed by atoms with van der Waals surface area (Å²) in [6.07, 6.45) is 1.94. The Bertz CT molecular complexity index is 1020. The second kappa shape index (κ2) is 9.13. The maximum absolute atomic E-state index is 12.9. The van der Waals surface area contributed by atoms with Crippen molar-refractivity contribution in [3.05, 3.63) is 83.2 Å². The molecule has 1 heterocycles. The number of hydrogen-bond donors (Lipinski definition) is 1. The number of nitrogens with one attached hydrogen (secondary N) is 1. The summed E-state index contributed by atoms with van der Waals surface area (Å²) in [7, 11) is 0. The highest BCUT2D eigenvalue weighted by molar-refractivity contribution is 6.22. The molecule has 0 radical (unpaired) electrons. The van der Waals surface area contributed by atoms with Crippen molar-refractivity contribution < 1.29 is 28.3 Å². The quantitative estimate of drug-likeness (QED) is 0.409. The van der Waals surface area contributed by atoms with Gasteiger partial charge < -0.3 is 10.1 Å². The number of fused-ring (bicyclic) bond motifs is 1. The van der Waals surface area contributed by atoms with Gasteiger partial charge in [0, 0.05) is 13.1 Å². The van der Waals surface area contributed by atoms with Crippen molar-refractivity contribution in [2.75, 3.05) is 19.7 Å². The lowest BCUT2D eigenvalue weighted by molar-refractivity contribution is -0.124. The number of rotatable bonds is 8. The van der Waals surface area contributed by atoms with Crippen LogP contribution in [0.25, 0.3) is 0 Å². The van der Waals surface area contributed by atoms with E-state index >= 15 is 0 Å². The summed E-state index contributed by atoms with van der Waals surface area (Å²) in [5.41, 5.74) is 1.24.